The molecule has 166 valence electrons. The van der Waals surface area contributed by atoms with Crippen molar-refractivity contribution in [3.05, 3.63) is 35.1 Å². The molecule has 1 heterocycles. The van der Waals surface area contributed by atoms with Crippen LogP contribution >= 0.6 is 24.0 Å². The fraction of sp³-hybridized carbons (Fsp3) is 0.667. The minimum Gasteiger partial charge on any atom is -0.381 e. The highest BCUT2D eigenvalue weighted by atomic mass is 127. The number of nitrogens with one attached hydrogen (secondary N) is 2. The molecule has 2 rings (SSSR count). The number of ether oxygens (including phenoxy) is 2. The van der Waals surface area contributed by atoms with Gasteiger partial charge in [-0.3, -0.25) is 4.99 Å². The maximum atomic E-state index is 13.9. The van der Waals surface area contributed by atoms with Crippen LogP contribution in [0, 0.1) is 11.7 Å². The molecule has 0 aromatic heterocycles. The summed E-state index contributed by atoms with van der Waals surface area (Å²) in [6.45, 7) is 5.28. The van der Waals surface area contributed by atoms with E-state index in [4.69, 9.17) is 9.47 Å². The van der Waals surface area contributed by atoms with Crippen molar-refractivity contribution in [3.63, 3.8) is 0 Å². The monoisotopic (exact) mass is 522 g/mol. The number of halogens is 2. The van der Waals surface area contributed by atoms with Crippen LogP contribution in [0.25, 0.3) is 0 Å². The molecule has 1 aromatic rings. The van der Waals surface area contributed by atoms with Gasteiger partial charge in [-0.25, -0.2) is 4.39 Å². The Labute approximate surface area is 191 Å². The largest absolute Gasteiger partial charge is 0.381 e. The highest BCUT2D eigenvalue weighted by Crippen LogP contribution is 2.14. The molecule has 1 aromatic carbocycles. The van der Waals surface area contributed by atoms with Crippen LogP contribution in [0.1, 0.15) is 30.4 Å². The summed E-state index contributed by atoms with van der Waals surface area (Å²) in [6, 6.07) is 5.24. The normalized spacial score (nSPS) is 15.3. The van der Waals surface area contributed by atoms with E-state index in [2.05, 4.69) is 15.6 Å². The van der Waals surface area contributed by atoms with Gasteiger partial charge in [-0.2, -0.15) is 0 Å². The quantitative estimate of drug-likeness (QED) is 0.214. The smallest absolute Gasteiger partial charge is 0.191 e. The predicted molar refractivity (Wildman–Crippen MR) is 126 cm³/mol. The van der Waals surface area contributed by atoms with Crippen molar-refractivity contribution in [3.8, 4) is 0 Å². The summed E-state index contributed by atoms with van der Waals surface area (Å²) in [6.07, 6.45) is 3.14. The van der Waals surface area contributed by atoms with E-state index in [9.17, 15) is 4.39 Å². The molecular weight excluding hydrogens is 486 g/mol. The Bertz CT molecular complexity index is 610. The predicted octanol–water partition coefficient (Wildman–Crippen LogP) is 3.00. The summed E-state index contributed by atoms with van der Waals surface area (Å²) >= 11 is 0. The van der Waals surface area contributed by atoms with E-state index in [0.29, 0.717) is 24.6 Å². The molecule has 8 heteroatoms. The lowest BCUT2D eigenvalue weighted by Gasteiger charge is -2.21. The number of hydrogen-bond acceptors (Lipinski definition) is 4. The van der Waals surface area contributed by atoms with Crippen molar-refractivity contribution in [1.29, 1.82) is 0 Å². The van der Waals surface area contributed by atoms with Crippen molar-refractivity contribution in [2.24, 2.45) is 10.9 Å². The van der Waals surface area contributed by atoms with E-state index in [0.717, 1.165) is 63.8 Å². The second-order valence-corrected chi connectivity index (χ2v) is 7.50. The fourth-order valence-electron chi connectivity index (χ4n) is 3.15. The maximum Gasteiger partial charge on any atom is 0.191 e. The summed E-state index contributed by atoms with van der Waals surface area (Å²) in [5.74, 6) is 1.22. The second kappa shape index (κ2) is 14.9. The minimum absolute atomic E-state index is 0. The maximum absolute atomic E-state index is 13.9. The van der Waals surface area contributed by atoms with Gasteiger partial charge in [0, 0.05) is 58.7 Å². The molecule has 1 fully saturated rings. The first-order valence-electron chi connectivity index (χ1n) is 10.1. The Morgan fingerprint density at radius 2 is 2.03 bits per heavy atom. The van der Waals surface area contributed by atoms with Crippen LogP contribution in [0.2, 0.25) is 0 Å². The van der Waals surface area contributed by atoms with Crippen molar-refractivity contribution in [1.82, 2.24) is 15.5 Å². The number of rotatable bonds is 10. The number of nitrogens with zero attached hydrogens (tertiary/aromatic N) is 2. The summed E-state index contributed by atoms with van der Waals surface area (Å²) in [5, 5.41) is 6.57. The molecule has 6 nitrogen and oxygen atoms in total. The van der Waals surface area contributed by atoms with E-state index >= 15 is 0 Å². The standard InChI is InChI=1S/C21H35FN4O2.HI/c1-23-21(24-9-4-10-28-16-17-7-11-27-12-8-17)25-14-18-5-6-20(22)19(13-18)15-26(2)3;/h5-6,13,17H,4,7-12,14-16H2,1-3H3,(H2,23,24,25);1H. The van der Waals surface area contributed by atoms with Crippen LogP contribution in [0.3, 0.4) is 0 Å². The van der Waals surface area contributed by atoms with Crippen LogP contribution < -0.4 is 10.6 Å². The first kappa shape index (κ1) is 26.1. The van der Waals surface area contributed by atoms with Gasteiger partial charge in [0.15, 0.2) is 5.96 Å². The zero-order valence-corrected chi connectivity index (χ0v) is 20.2. The van der Waals surface area contributed by atoms with Gasteiger partial charge in [-0.15, -0.1) is 24.0 Å². The van der Waals surface area contributed by atoms with Crippen molar-refractivity contribution in [2.45, 2.75) is 32.4 Å². The van der Waals surface area contributed by atoms with Gasteiger partial charge >= 0.3 is 0 Å². The van der Waals surface area contributed by atoms with Crippen LogP contribution in [-0.4, -0.2) is 65.0 Å². The van der Waals surface area contributed by atoms with Gasteiger partial charge < -0.3 is 25.0 Å². The first-order valence-corrected chi connectivity index (χ1v) is 10.1. The molecule has 0 spiro atoms. The second-order valence-electron chi connectivity index (χ2n) is 7.50. The first-order chi connectivity index (χ1) is 13.6. The molecule has 0 saturated carbocycles. The van der Waals surface area contributed by atoms with E-state index in [-0.39, 0.29) is 29.8 Å². The summed E-state index contributed by atoms with van der Waals surface area (Å²) < 4.78 is 25.0. The molecule has 0 radical (unpaired) electrons. The third kappa shape index (κ3) is 10.6. The lowest BCUT2D eigenvalue weighted by atomic mass is 10.0. The van der Waals surface area contributed by atoms with Crippen molar-refractivity contribution >= 4 is 29.9 Å². The number of hydrogen-bond donors (Lipinski definition) is 2. The third-order valence-corrected chi connectivity index (χ3v) is 4.73. The van der Waals surface area contributed by atoms with Crippen LogP contribution in [-0.2, 0) is 22.6 Å². The van der Waals surface area contributed by atoms with E-state index in [1.54, 1.807) is 13.1 Å². The van der Waals surface area contributed by atoms with E-state index in [1.165, 1.54) is 6.07 Å². The minimum atomic E-state index is -0.166. The van der Waals surface area contributed by atoms with Gasteiger partial charge in [0.2, 0.25) is 0 Å². The summed E-state index contributed by atoms with van der Waals surface area (Å²) in [4.78, 5) is 6.20. The molecule has 0 unspecified atom stereocenters. The van der Waals surface area contributed by atoms with Gasteiger partial charge in [0.25, 0.3) is 0 Å². The Kier molecular flexibility index (Phi) is 13.4. The molecule has 2 N–H and O–H groups in total. The molecule has 0 aliphatic carbocycles. The molecule has 1 saturated heterocycles. The van der Waals surface area contributed by atoms with Crippen LogP contribution in [0.4, 0.5) is 4.39 Å². The van der Waals surface area contributed by atoms with Crippen LogP contribution in [0.5, 0.6) is 0 Å². The Morgan fingerprint density at radius 3 is 2.72 bits per heavy atom. The molecule has 0 atom stereocenters. The molecular formula is C21H36FIN4O2. The SMILES string of the molecule is CN=C(NCCCOCC1CCOCC1)NCc1ccc(F)c(CN(C)C)c1.I. The fourth-order valence-corrected chi connectivity index (χ4v) is 3.15. The molecule has 1 aliphatic heterocycles. The Morgan fingerprint density at radius 1 is 1.28 bits per heavy atom. The number of benzene rings is 1. The van der Waals surface area contributed by atoms with Crippen LogP contribution in [0.15, 0.2) is 23.2 Å². The Balaban J connectivity index is 0.00000420. The van der Waals surface area contributed by atoms with E-state index < -0.39 is 0 Å². The third-order valence-electron chi connectivity index (χ3n) is 4.73. The average molecular weight is 522 g/mol. The number of aliphatic imine (C=N–C) groups is 1. The van der Waals surface area contributed by atoms with E-state index in [1.807, 2.05) is 25.1 Å². The number of guanidine groups is 1. The average Bonchev–Trinajstić information content (AvgIpc) is 2.69. The summed E-state index contributed by atoms with van der Waals surface area (Å²) in [7, 11) is 5.62. The van der Waals surface area contributed by atoms with Crippen molar-refractivity contribution in [2.75, 3.05) is 54.1 Å². The van der Waals surface area contributed by atoms with Crippen molar-refractivity contribution < 1.29 is 13.9 Å². The Hall–Kier alpha value is -0.970. The van der Waals surface area contributed by atoms with Gasteiger partial charge in [0.05, 0.1) is 0 Å². The highest BCUT2D eigenvalue weighted by Gasteiger charge is 2.13. The summed E-state index contributed by atoms with van der Waals surface area (Å²) in [5.41, 5.74) is 1.73. The molecule has 29 heavy (non-hydrogen) atoms. The lowest BCUT2D eigenvalue weighted by molar-refractivity contribution is 0.0203. The highest BCUT2D eigenvalue weighted by molar-refractivity contribution is 14.0. The van der Waals surface area contributed by atoms with Gasteiger partial charge in [0.1, 0.15) is 5.82 Å². The zero-order chi connectivity index (χ0) is 20.2. The lowest BCUT2D eigenvalue weighted by Crippen LogP contribution is -2.37. The molecule has 1 aliphatic rings. The van der Waals surface area contributed by atoms with Gasteiger partial charge in [-0.05, 0) is 57.0 Å². The zero-order valence-electron chi connectivity index (χ0n) is 17.9. The molecule has 0 bridgehead atoms. The van der Waals surface area contributed by atoms with Gasteiger partial charge in [-0.1, -0.05) is 6.07 Å². The topological polar surface area (TPSA) is 58.1 Å². The molecule has 0 amide bonds.